The van der Waals surface area contributed by atoms with Crippen LogP contribution >= 0.6 is 0 Å². The summed E-state index contributed by atoms with van der Waals surface area (Å²) in [6.45, 7) is 0.899. The molecular weight excluding hydrogens is 340 g/mol. The summed E-state index contributed by atoms with van der Waals surface area (Å²) in [7, 11) is -1.76. The van der Waals surface area contributed by atoms with Crippen LogP contribution in [0.3, 0.4) is 0 Å². The van der Waals surface area contributed by atoms with Gasteiger partial charge in [-0.2, -0.15) is 9.40 Å². The molecule has 8 heteroatoms. The number of benzene rings is 1. The van der Waals surface area contributed by atoms with Gasteiger partial charge in [-0.15, -0.1) is 0 Å². The van der Waals surface area contributed by atoms with Crippen LogP contribution in [-0.2, 0) is 17.1 Å². The summed E-state index contributed by atoms with van der Waals surface area (Å²) in [4.78, 5) is 3.41. The highest BCUT2D eigenvalue weighted by molar-refractivity contribution is 7.89. The highest BCUT2D eigenvalue weighted by atomic mass is 32.2. The standard InChI is InChI=1S/C17H20N4O3S/c1-20-12-14(11-19-20)25(22,23)21-9-6-13(7-10-21)24-17-4-2-3-16-15(17)5-8-18-16/h2-5,8,11-13,18H,6-7,9-10H2,1H3. The molecule has 3 aromatic rings. The molecule has 1 fully saturated rings. The van der Waals surface area contributed by atoms with Crippen molar-refractivity contribution in [1.82, 2.24) is 19.1 Å². The van der Waals surface area contributed by atoms with Crippen LogP contribution in [0.15, 0.2) is 47.8 Å². The first kappa shape index (κ1) is 16.2. The maximum absolute atomic E-state index is 12.6. The van der Waals surface area contributed by atoms with Gasteiger partial charge in [-0.25, -0.2) is 8.42 Å². The van der Waals surface area contributed by atoms with Gasteiger partial charge in [0.2, 0.25) is 10.0 Å². The van der Waals surface area contributed by atoms with Crippen LogP contribution in [-0.4, -0.2) is 46.7 Å². The molecule has 0 amide bonds. The van der Waals surface area contributed by atoms with Gasteiger partial charge in [-0.3, -0.25) is 4.68 Å². The second-order valence-corrected chi connectivity index (χ2v) is 8.20. The first-order valence-electron chi connectivity index (χ1n) is 8.25. The van der Waals surface area contributed by atoms with Gasteiger partial charge in [-0.1, -0.05) is 6.07 Å². The third-order valence-electron chi connectivity index (χ3n) is 4.57. The summed E-state index contributed by atoms with van der Waals surface area (Å²) in [5.74, 6) is 0.840. The molecule has 0 aliphatic carbocycles. The van der Waals surface area contributed by atoms with E-state index in [1.165, 1.54) is 21.4 Å². The van der Waals surface area contributed by atoms with Crippen molar-refractivity contribution in [2.24, 2.45) is 7.05 Å². The number of aryl methyl sites for hydroxylation is 1. The molecule has 1 saturated heterocycles. The number of sulfonamides is 1. The Bertz CT molecular complexity index is 984. The van der Waals surface area contributed by atoms with Crippen LogP contribution in [0, 0.1) is 0 Å². The van der Waals surface area contributed by atoms with E-state index in [2.05, 4.69) is 10.1 Å². The van der Waals surface area contributed by atoms with Gasteiger partial charge in [0.15, 0.2) is 0 Å². The quantitative estimate of drug-likeness (QED) is 0.773. The number of fused-ring (bicyclic) bond motifs is 1. The Balaban J connectivity index is 1.44. The molecule has 0 radical (unpaired) electrons. The number of hydrogen-bond donors (Lipinski definition) is 1. The number of piperidine rings is 1. The first-order valence-corrected chi connectivity index (χ1v) is 9.69. The fourth-order valence-electron chi connectivity index (χ4n) is 3.21. The molecule has 1 aliphatic rings. The van der Waals surface area contributed by atoms with Crippen molar-refractivity contribution in [1.29, 1.82) is 0 Å². The average Bonchev–Trinajstić information content (AvgIpc) is 3.25. The number of ether oxygens (including phenoxy) is 1. The van der Waals surface area contributed by atoms with E-state index in [9.17, 15) is 8.42 Å². The summed E-state index contributed by atoms with van der Waals surface area (Å²) < 4.78 is 34.4. The van der Waals surface area contributed by atoms with E-state index >= 15 is 0 Å². The molecule has 1 aromatic carbocycles. The monoisotopic (exact) mass is 360 g/mol. The fourth-order valence-corrected chi connectivity index (χ4v) is 4.67. The average molecular weight is 360 g/mol. The number of H-pyrrole nitrogens is 1. The summed E-state index contributed by atoms with van der Waals surface area (Å²) in [6, 6.07) is 7.91. The van der Waals surface area contributed by atoms with E-state index in [1.807, 2.05) is 30.5 Å². The first-order chi connectivity index (χ1) is 12.0. The minimum absolute atomic E-state index is 0.0147. The lowest BCUT2D eigenvalue weighted by molar-refractivity contribution is 0.137. The molecule has 25 heavy (non-hydrogen) atoms. The summed E-state index contributed by atoms with van der Waals surface area (Å²) in [6.07, 6.45) is 6.16. The number of nitrogens with zero attached hydrogens (tertiary/aromatic N) is 3. The molecule has 0 bridgehead atoms. The molecule has 0 unspecified atom stereocenters. The predicted octanol–water partition coefficient (Wildman–Crippen LogP) is 2.13. The Hall–Kier alpha value is -2.32. The second kappa shape index (κ2) is 6.20. The van der Waals surface area contributed by atoms with Crippen molar-refractivity contribution in [2.45, 2.75) is 23.8 Å². The molecular formula is C17H20N4O3S. The predicted molar refractivity (Wildman–Crippen MR) is 93.9 cm³/mol. The van der Waals surface area contributed by atoms with Gasteiger partial charge < -0.3 is 9.72 Å². The molecule has 0 atom stereocenters. The lowest BCUT2D eigenvalue weighted by atomic mass is 10.1. The van der Waals surface area contributed by atoms with Gasteiger partial charge in [0, 0.05) is 43.4 Å². The zero-order valence-electron chi connectivity index (χ0n) is 13.9. The van der Waals surface area contributed by atoms with Gasteiger partial charge in [0.05, 0.1) is 6.20 Å². The lowest BCUT2D eigenvalue weighted by Gasteiger charge is -2.31. The molecule has 1 N–H and O–H groups in total. The van der Waals surface area contributed by atoms with Crippen LogP contribution in [0.4, 0.5) is 0 Å². The highest BCUT2D eigenvalue weighted by Gasteiger charge is 2.31. The molecule has 4 rings (SSSR count). The number of nitrogens with one attached hydrogen (secondary N) is 1. The third kappa shape index (κ3) is 3.03. The van der Waals surface area contributed by atoms with Crippen molar-refractivity contribution < 1.29 is 13.2 Å². The largest absolute Gasteiger partial charge is 0.490 e. The molecule has 7 nitrogen and oxygen atoms in total. The molecule has 132 valence electrons. The van der Waals surface area contributed by atoms with Gasteiger partial charge in [0.1, 0.15) is 16.7 Å². The van der Waals surface area contributed by atoms with Crippen LogP contribution in [0.5, 0.6) is 5.75 Å². The minimum atomic E-state index is -3.47. The topological polar surface area (TPSA) is 80.2 Å². The highest BCUT2D eigenvalue weighted by Crippen LogP contribution is 2.28. The van der Waals surface area contributed by atoms with Crippen molar-refractivity contribution in [3.8, 4) is 5.75 Å². The smallest absolute Gasteiger partial charge is 0.246 e. The molecule has 0 saturated carbocycles. The van der Waals surface area contributed by atoms with Crippen LogP contribution < -0.4 is 4.74 Å². The van der Waals surface area contributed by atoms with E-state index in [-0.39, 0.29) is 11.0 Å². The van der Waals surface area contributed by atoms with E-state index < -0.39 is 10.0 Å². The zero-order chi connectivity index (χ0) is 17.4. The molecule has 2 aromatic heterocycles. The zero-order valence-corrected chi connectivity index (χ0v) is 14.7. The minimum Gasteiger partial charge on any atom is -0.490 e. The third-order valence-corrected chi connectivity index (χ3v) is 6.42. The Morgan fingerprint density at radius 3 is 2.76 bits per heavy atom. The number of aromatic amines is 1. The fraction of sp³-hybridized carbons (Fsp3) is 0.353. The van der Waals surface area contributed by atoms with E-state index in [4.69, 9.17) is 4.74 Å². The van der Waals surface area contributed by atoms with Gasteiger partial charge in [-0.05, 0) is 31.0 Å². The maximum Gasteiger partial charge on any atom is 0.246 e. The Kier molecular flexibility index (Phi) is 4.01. The van der Waals surface area contributed by atoms with E-state index in [0.717, 1.165) is 16.7 Å². The molecule has 3 heterocycles. The van der Waals surface area contributed by atoms with Crippen LogP contribution in [0.1, 0.15) is 12.8 Å². The Morgan fingerprint density at radius 1 is 1.24 bits per heavy atom. The summed E-state index contributed by atoms with van der Waals surface area (Å²) in [5.41, 5.74) is 1.04. The Morgan fingerprint density at radius 2 is 2.04 bits per heavy atom. The van der Waals surface area contributed by atoms with Crippen molar-refractivity contribution in [2.75, 3.05) is 13.1 Å². The molecule has 1 aliphatic heterocycles. The van der Waals surface area contributed by atoms with Gasteiger partial charge >= 0.3 is 0 Å². The SMILES string of the molecule is Cn1cc(S(=O)(=O)N2CCC(Oc3cccc4[nH]ccc34)CC2)cn1. The van der Waals surface area contributed by atoms with Gasteiger partial charge in [0.25, 0.3) is 0 Å². The van der Waals surface area contributed by atoms with Crippen LogP contribution in [0.25, 0.3) is 10.9 Å². The summed E-state index contributed by atoms with van der Waals surface area (Å²) in [5, 5.41) is 5.00. The number of hydrogen-bond acceptors (Lipinski definition) is 4. The van der Waals surface area contributed by atoms with Crippen molar-refractivity contribution in [3.05, 3.63) is 42.9 Å². The second-order valence-electron chi connectivity index (χ2n) is 6.27. The lowest BCUT2D eigenvalue weighted by Crippen LogP contribution is -2.41. The number of rotatable bonds is 4. The van der Waals surface area contributed by atoms with Crippen molar-refractivity contribution >= 4 is 20.9 Å². The van der Waals surface area contributed by atoms with Crippen molar-refractivity contribution in [3.63, 3.8) is 0 Å². The molecule has 0 spiro atoms. The maximum atomic E-state index is 12.6. The van der Waals surface area contributed by atoms with Crippen LogP contribution in [0.2, 0.25) is 0 Å². The number of aromatic nitrogens is 3. The van der Waals surface area contributed by atoms with E-state index in [0.29, 0.717) is 25.9 Å². The van der Waals surface area contributed by atoms with E-state index in [1.54, 1.807) is 7.05 Å². The Labute approximate surface area is 146 Å². The summed E-state index contributed by atoms with van der Waals surface area (Å²) >= 11 is 0. The normalized spacial score (nSPS) is 17.2.